The van der Waals surface area contributed by atoms with Crippen LogP contribution in [0.2, 0.25) is 0 Å². The third kappa shape index (κ3) is 1.64. The van der Waals surface area contributed by atoms with Crippen molar-refractivity contribution < 1.29 is 4.39 Å². The fraction of sp³-hybridized carbons (Fsp3) is 0.400. The zero-order chi connectivity index (χ0) is 10.1. The Balaban J connectivity index is 2.44. The smallest absolute Gasteiger partial charge is 0.130 e. The highest BCUT2D eigenvalue weighted by atomic mass is 79.9. The monoisotopic (exact) mass is 258 g/mol. The second kappa shape index (κ2) is 3.87. The average Bonchev–Trinajstić information content (AvgIpc) is 1.99. The number of hydrogen-bond donors (Lipinski definition) is 1. The van der Waals surface area contributed by atoms with Crippen LogP contribution in [0.1, 0.15) is 12.0 Å². The van der Waals surface area contributed by atoms with Crippen molar-refractivity contribution in [3.05, 3.63) is 28.0 Å². The molecule has 0 spiro atoms. The topological polar surface area (TPSA) is 29.3 Å². The summed E-state index contributed by atoms with van der Waals surface area (Å²) >= 11 is 3.29. The first kappa shape index (κ1) is 9.93. The zero-order valence-corrected chi connectivity index (χ0v) is 9.35. The van der Waals surface area contributed by atoms with Gasteiger partial charge in [0.25, 0.3) is 0 Å². The van der Waals surface area contributed by atoms with Gasteiger partial charge in [0, 0.05) is 35.4 Å². The van der Waals surface area contributed by atoms with E-state index in [0.717, 1.165) is 23.2 Å². The molecule has 14 heavy (non-hydrogen) atoms. The zero-order valence-electron chi connectivity index (χ0n) is 7.76. The second-order valence-electron chi connectivity index (χ2n) is 3.43. The van der Waals surface area contributed by atoms with Crippen molar-refractivity contribution in [2.45, 2.75) is 13.0 Å². The lowest BCUT2D eigenvalue weighted by Crippen LogP contribution is -2.38. The molecule has 1 aromatic rings. The Morgan fingerprint density at radius 3 is 2.64 bits per heavy atom. The summed E-state index contributed by atoms with van der Waals surface area (Å²) in [6.45, 7) is 2.26. The minimum atomic E-state index is -0.219. The van der Waals surface area contributed by atoms with Gasteiger partial charge in [-0.3, -0.25) is 0 Å². The first-order valence-corrected chi connectivity index (χ1v) is 5.44. The van der Waals surface area contributed by atoms with Crippen molar-refractivity contribution in [3.63, 3.8) is 0 Å². The van der Waals surface area contributed by atoms with Crippen molar-refractivity contribution in [2.75, 3.05) is 18.0 Å². The van der Waals surface area contributed by atoms with Gasteiger partial charge < -0.3 is 10.6 Å². The Hall–Kier alpha value is -0.610. The molecule has 1 aliphatic rings. The summed E-state index contributed by atoms with van der Waals surface area (Å²) in [5.74, 6) is -0.219. The normalized spacial score (nSPS) is 15.5. The van der Waals surface area contributed by atoms with E-state index in [1.165, 1.54) is 12.5 Å². The fourth-order valence-corrected chi connectivity index (χ4v) is 2.05. The van der Waals surface area contributed by atoms with E-state index in [1.807, 2.05) is 6.07 Å². The van der Waals surface area contributed by atoms with E-state index < -0.39 is 0 Å². The van der Waals surface area contributed by atoms with E-state index in [2.05, 4.69) is 20.8 Å². The van der Waals surface area contributed by atoms with E-state index in [4.69, 9.17) is 5.73 Å². The van der Waals surface area contributed by atoms with E-state index >= 15 is 0 Å². The standard InChI is InChI=1S/C10H12BrFN2/c11-7-4-9(12)8(6-13)10(5-7)14-2-1-3-14/h4-5H,1-3,6,13H2. The van der Waals surface area contributed by atoms with Crippen molar-refractivity contribution in [3.8, 4) is 0 Å². The van der Waals surface area contributed by atoms with Crippen LogP contribution in [0, 0.1) is 5.82 Å². The molecule has 0 unspecified atom stereocenters. The minimum Gasteiger partial charge on any atom is -0.371 e. The molecular weight excluding hydrogens is 247 g/mol. The Labute approximate surface area is 91.0 Å². The quantitative estimate of drug-likeness (QED) is 0.882. The van der Waals surface area contributed by atoms with Crippen LogP contribution in [0.4, 0.5) is 10.1 Å². The lowest BCUT2D eigenvalue weighted by molar-refractivity contribution is 0.588. The van der Waals surface area contributed by atoms with Crippen LogP contribution in [-0.4, -0.2) is 13.1 Å². The third-order valence-electron chi connectivity index (χ3n) is 2.54. The van der Waals surface area contributed by atoms with Gasteiger partial charge in [-0.2, -0.15) is 0 Å². The van der Waals surface area contributed by atoms with Gasteiger partial charge in [-0.15, -0.1) is 0 Å². The number of rotatable bonds is 2. The molecule has 76 valence electrons. The first-order chi connectivity index (χ1) is 6.72. The molecule has 0 bridgehead atoms. The van der Waals surface area contributed by atoms with Crippen molar-refractivity contribution in [2.24, 2.45) is 5.73 Å². The Morgan fingerprint density at radius 1 is 1.43 bits per heavy atom. The maximum atomic E-state index is 13.5. The third-order valence-corrected chi connectivity index (χ3v) is 3.00. The summed E-state index contributed by atoms with van der Waals surface area (Å²) in [4.78, 5) is 2.15. The summed E-state index contributed by atoms with van der Waals surface area (Å²) in [7, 11) is 0. The van der Waals surface area contributed by atoms with Gasteiger partial charge in [-0.1, -0.05) is 15.9 Å². The van der Waals surface area contributed by atoms with Gasteiger partial charge in [0.15, 0.2) is 0 Å². The van der Waals surface area contributed by atoms with Crippen LogP contribution in [0.3, 0.4) is 0 Å². The highest BCUT2D eigenvalue weighted by Gasteiger charge is 2.19. The summed E-state index contributed by atoms with van der Waals surface area (Å²) in [5.41, 5.74) is 7.09. The van der Waals surface area contributed by atoms with Gasteiger partial charge in [-0.05, 0) is 18.6 Å². The number of hydrogen-bond acceptors (Lipinski definition) is 2. The van der Waals surface area contributed by atoms with Crippen molar-refractivity contribution >= 4 is 21.6 Å². The summed E-state index contributed by atoms with van der Waals surface area (Å²) < 4.78 is 14.3. The Bertz CT molecular complexity index is 350. The molecule has 1 heterocycles. The van der Waals surface area contributed by atoms with Crippen LogP contribution >= 0.6 is 15.9 Å². The Morgan fingerprint density at radius 2 is 2.14 bits per heavy atom. The predicted octanol–water partition coefficient (Wildman–Crippen LogP) is 2.26. The molecular formula is C10H12BrFN2. The number of benzene rings is 1. The average molecular weight is 259 g/mol. The molecule has 0 atom stereocenters. The number of halogens is 2. The van der Waals surface area contributed by atoms with Crippen LogP contribution in [0.25, 0.3) is 0 Å². The Kier molecular flexibility index (Phi) is 2.74. The summed E-state index contributed by atoms with van der Waals surface area (Å²) in [6.07, 6.45) is 1.18. The molecule has 0 saturated carbocycles. The van der Waals surface area contributed by atoms with Crippen LogP contribution in [0.15, 0.2) is 16.6 Å². The molecule has 2 nitrogen and oxygen atoms in total. The molecule has 1 aromatic carbocycles. The molecule has 4 heteroatoms. The second-order valence-corrected chi connectivity index (χ2v) is 4.35. The maximum Gasteiger partial charge on any atom is 0.130 e. The van der Waals surface area contributed by atoms with Crippen molar-refractivity contribution in [1.82, 2.24) is 0 Å². The van der Waals surface area contributed by atoms with Gasteiger partial charge in [0.05, 0.1) is 0 Å². The molecule has 0 aliphatic carbocycles. The lowest BCUT2D eigenvalue weighted by atomic mass is 10.1. The summed E-state index contributed by atoms with van der Waals surface area (Å²) in [6, 6.07) is 3.40. The van der Waals surface area contributed by atoms with E-state index in [0.29, 0.717) is 5.56 Å². The number of anilines is 1. The number of nitrogens with zero attached hydrogens (tertiary/aromatic N) is 1. The largest absolute Gasteiger partial charge is 0.371 e. The van der Waals surface area contributed by atoms with Crippen LogP contribution in [-0.2, 0) is 6.54 Å². The lowest BCUT2D eigenvalue weighted by Gasteiger charge is -2.34. The molecule has 1 saturated heterocycles. The fourth-order valence-electron chi connectivity index (χ4n) is 1.63. The van der Waals surface area contributed by atoms with Crippen LogP contribution in [0.5, 0.6) is 0 Å². The molecule has 0 amide bonds. The first-order valence-electron chi connectivity index (χ1n) is 4.65. The molecule has 1 aliphatic heterocycles. The maximum absolute atomic E-state index is 13.5. The van der Waals surface area contributed by atoms with Gasteiger partial charge in [0.2, 0.25) is 0 Å². The highest BCUT2D eigenvalue weighted by molar-refractivity contribution is 9.10. The summed E-state index contributed by atoms with van der Waals surface area (Å²) in [5, 5.41) is 0. The molecule has 0 aromatic heterocycles. The van der Waals surface area contributed by atoms with Crippen LogP contribution < -0.4 is 10.6 Å². The van der Waals surface area contributed by atoms with Gasteiger partial charge in [0.1, 0.15) is 5.82 Å². The van der Waals surface area contributed by atoms with Gasteiger partial charge >= 0.3 is 0 Å². The number of nitrogens with two attached hydrogens (primary N) is 1. The molecule has 2 rings (SSSR count). The van der Waals surface area contributed by atoms with E-state index in [-0.39, 0.29) is 12.4 Å². The highest BCUT2D eigenvalue weighted by Crippen LogP contribution is 2.30. The SMILES string of the molecule is NCc1c(F)cc(Br)cc1N1CCC1. The predicted molar refractivity (Wildman–Crippen MR) is 58.8 cm³/mol. The minimum absolute atomic E-state index is 0.219. The molecule has 0 radical (unpaired) electrons. The molecule has 2 N–H and O–H groups in total. The van der Waals surface area contributed by atoms with E-state index in [9.17, 15) is 4.39 Å². The van der Waals surface area contributed by atoms with E-state index in [1.54, 1.807) is 0 Å². The van der Waals surface area contributed by atoms with Gasteiger partial charge in [-0.25, -0.2) is 4.39 Å². The van der Waals surface area contributed by atoms with Crippen molar-refractivity contribution in [1.29, 1.82) is 0 Å². The molecule has 1 fully saturated rings.